The SMILES string of the molecule is O=C([O-])CCC(=O)[O-].[Mg+2].[Na+]. The zero-order valence-corrected chi connectivity index (χ0v) is 9.17. The summed E-state index contributed by atoms with van der Waals surface area (Å²) < 4.78 is 0. The largest absolute Gasteiger partial charge is 2.00 e. The van der Waals surface area contributed by atoms with Crippen LogP contribution in [0.5, 0.6) is 0 Å². The van der Waals surface area contributed by atoms with Gasteiger partial charge in [0.2, 0.25) is 0 Å². The number of carboxylic acids is 2. The average Bonchev–Trinajstić information content (AvgIpc) is 1.61. The standard InChI is InChI=1S/C4H6O4.Mg.Na/c5-3(6)1-2-4(7)8;;/h1-2H2,(H,5,6)(H,7,8);;/q;+2;+1/p-2. The third-order valence-corrected chi connectivity index (χ3v) is 0.533. The van der Waals surface area contributed by atoms with E-state index in [0.29, 0.717) is 0 Å². The van der Waals surface area contributed by atoms with Crippen LogP contribution in [0.3, 0.4) is 0 Å². The summed E-state index contributed by atoms with van der Waals surface area (Å²) in [6, 6.07) is 0. The van der Waals surface area contributed by atoms with Crippen molar-refractivity contribution < 1.29 is 49.4 Å². The quantitative estimate of drug-likeness (QED) is 0.388. The molecule has 0 radical (unpaired) electrons. The summed E-state index contributed by atoms with van der Waals surface area (Å²) in [5, 5.41) is 19.0. The van der Waals surface area contributed by atoms with Crippen LogP contribution in [0.15, 0.2) is 0 Å². The number of carbonyl (C=O) groups is 2. The van der Waals surface area contributed by atoms with E-state index < -0.39 is 24.8 Å². The molecule has 46 valence electrons. The first-order chi connectivity index (χ1) is 3.63. The molecule has 0 aliphatic rings. The van der Waals surface area contributed by atoms with Crippen molar-refractivity contribution in [3.05, 3.63) is 0 Å². The topological polar surface area (TPSA) is 80.3 Å². The molecule has 6 heteroatoms. The molecule has 0 bridgehead atoms. The number of carboxylic acid groups (broad SMARTS) is 2. The van der Waals surface area contributed by atoms with E-state index in [1.807, 2.05) is 0 Å². The monoisotopic (exact) mass is 163 g/mol. The van der Waals surface area contributed by atoms with Gasteiger partial charge in [0.1, 0.15) is 0 Å². The Morgan fingerprint density at radius 2 is 1.20 bits per heavy atom. The van der Waals surface area contributed by atoms with E-state index in [4.69, 9.17) is 0 Å². The van der Waals surface area contributed by atoms with Crippen LogP contribution >= 0.6 is 0 Å². The summed E-state index contributed by atoms with van der Waals surface area (Å²) >= 11 is 0. The fourth-order valence-corrected chi connectivity index (χ4v) is 0.204. The summed E-state index contributed by atoms with van der Waals surface area (Å²) in [4.78, 5) is 19.0. The predicted octanol–water partition coefficient (Wildman–Crippen LogP) is -6.11. The van der Waals surface area contributed by atoms with Gasteiger partial charge in [0, 0.05) is 11.9 Å². The van der Waals surface area contributed by atoms with E-state index in [-0.39, 0.29) is 52.6 Å². The summed E-state index contributed by atoms with van der Waals surface area (Å²) in [5.74, 6) is -2.73. The molecule has 10 heavy (non-hydrogen) atoms. The van der Waals surface area contributed by atoms with E-state index >= 15 is 0 Å². The van der Waals surface area contributed by atoms with E-state index in [2.05, 4.69) is 0 Å². The molecule has 0 heterocycles. The van der Waals surface area contributed by atoms with Gasteiger partial charge < -0.3 is 19.8 Å². The number of carbonyl (C=O) groups excluding carboxylic acids is 2. The van der Waals surface area contributed by atoms with Crippen LogP contribution in [-0.2, 0) is 9.59 Å². The van der Waals surface area contributed by atoms with Crippen molar-refractivity contribution in [1.29, 1.82) is 0 Å². The zero-order chi connectivity index (χ0) is 6.57. The van der Waals surface area contributed by atoms with Gasteiger partial charge in [-0.2, -0.15) is 0 Å². The minimum absolute atomic E-state index is 0. The summed E-state index contributed by atoms with van der Waals surface area (Å²) in [5.41, 5.74) is 0. The Morgan fingerprint density at radius 1 is 1.00 bits per heavy atom. The smallest absolute Gasteiger partial charge is 0.550 e. The van der Waals surface area contributed by atoms with Crippen molar-refractivity contribution >= 4 is 35.0 Å². The normalized spacial score (nSPS) is 6.80. The first-order valence-corrected chi connectivity index (χ1v) is 2.02. The number of aliphatic carboxylic acids is 2. The van der Waals surface area contributed by atoms with Crippen LogP contribution < -0.4 is 39.8 Å². The second kappa shape index (κ2) is 9.71. The van der Waals surface area contributed by atoms with Gasteiger partial charge in [0.25, 0.3) is 0 Å². The Kier molecular flexibility index (Phi) is 16.5. The minimum Gasteiger partial charge on any atom is -0.550 e. The van der Waals surface area contributed by atoms with Crippen LogP contribution in [0, 0.1) is 0 Å². The average molecular weight is 163 g/mol. The molecule has 0 rings (SSSR count). The molecule has 0 saturated heterocycles. The molecular formula is C4H4MgNaO4+. The summed E-state index contributed by atoms with van der Waals surface area (Å²) in [7, 11) is 0. The molecule has 0 aliphatic carbocycles. The van der Waals surface area contributed by atoms with Crippen molar-refractivity contribution in [2.75, 3.05) is 0 Å². The van der Waals surface area contributed by atoms with Gasteiger partial charge in [0.15, 0.2) is 0 Å². The molecule has 0 saturated carbocycles. The van der Waals surface area contributed by atoms with Crippen molar-refractivity contribution in [2.45, 2.75) is 12.8 Å². The molecule has 0 fully saturated rings. The van der Waals surface area contributed by atoms with Gasteiger partial charge in [-0.1, -0.05) is 0 Å². The van der Waals surface area contributed by atoms with Gasteiger partial charge in [-0.25, -0.2) is 0 Å². The van der Waals surface area contributed by atoms with E-state index in [0.717, 1.165) is 0 Å². The Bertz CT molecular complexity index is 102. The third kappa shape index (κ3) is 15.9. The fraction of sp³-hybridized carbons (Fsp3) is 0.500. The molecule has 0 aromatic rings. The van der Waals surface area contributed by atoms with Crippen molar-refractivity contribution in [2.24, 2.45) is 0 Å². The second-order valence-corrected chi connectivity index (χ2v) is 1.24. The first-order valence-electron chi connectivity index (χ1n) is 2.02. The van der Waals surface area contributed by atoms with Gasteiger partial charge in [-0.3, -0.25) is 0 Å². The minimum atomic E-state index is -1.37. The summed E-state index contributed by atoms with van der Waals surface area (Å²) in [6.45, 7) is 0. The molecule has 0 aliphatic heterocycles. The maximum atomic E-state index is 9.50. The maximum absolute atomic E-state index is 9.50. The Hall–Kier alpha value is 0.706. The van der Waals surface area contributed by atoms with Gasteiger partial charge >= 0.3 is 52.6 Å². The van der Waals surface area contributed by atoms with Crippen LogP contribution in [-0.4, -0.2) is 35.0 Å². The molecular weight excluding hydrogens is 159 g/mol. The zero-order valence-electron chi connectivity index (χ0n) is 5.75. The van der Waals surface area contributed by atoms with Crippen LogP contribution in [0.2, 0.25) is 0 Å². The van der Waals surface area contributed by atoms with E-state index in [1.54, 1.807) is 0 Å². The van der Waals surface area contributed by atoms with Crippen molar-refractivity contribution in [1.82, 2.24) is 0 Å². The molecule has 0 aromatic heterocycles. The van der Waals surface area contributed by atoms with Crippen LogP contribution in [0.1, 0.15) is 12.8 Å². The Labute approximate surface area is 96.4 Å². The Morgan fingerprint density at radius 3 is 1.30 bits per heavy atom. The van der Waals surface area contributed by atoms with Crippen LogP contribution in [0.25, 0.3) is 0 Å². The molecule has 4 nitrogen and oxygen atoms in total. The van der Waals surface area contributed by atoms with Gasteiger partial charge in [-0.05, 0) is 12.8 Å². The fourth-order valence-electron chi connectivity index (χ4n) is 0.204. The maximum Gasteiger partial charge on any atom is 2.00 e. The van der Waals surface area contributed by atoms with Gasteiger partial charge in [-0.15, -0.1) is 0 Å². The van der Waals surface area contributed by atoms with Crippen molar-refractivity contribution in [3.8, 4) is 0 Å². The Balaban J connectivity index is -0.000000245. The van der Waals surface area contributed by atoms with Crippen LogP contribution in [0.4, 0.5) is 0 Å². The van der Waals surface area contributed by atoms with E-state index in [9.17, 15) is 19.8 Å². The first kappa shape index (κ1) is 17.0. The molecule has 0 atom stereocenters. The molecule has 0 spiro atoms. The van der Waals surface area contributed by atoms with Gasteiger partial charge in [0.05, 0.1) is 0 Å². The van der Waals surface area contributed by atoms with E-state index in [1.165, 1.54) is 0 Å². The molecule has 0 amide bonds. The number of hydrogen-bond donors (Lipinski definition) is 0. The predicted molar refractivity (Wildman–Crippen MR) is 25.0 cm³/mol. The second-order valence-electron chi connectivity index (χ2n) is 1.24. The third-order valence-electron chi connectivity index (χ3n) is 0.533. The molecule has 0 unspecified atom stereocenters. The van der Waals surface area contributed by atoms with Crippen molar-refractivity contribution in [3.63, 3.8) is 0 Å². The molecule has 0 N–H and O–H groups in total. The summed E-state index contributed by atoms with van der Waals surface area (Å²) in [6.07, 6.45) is -0.940. The number of rotatable bonds is 3. The number of hydrogen-bond acceptors (Lipinski definition) is 4. The molecule has 0 aromatic carbocycles.